The number of hydrogen-bond donors (Lipinski definition) is 3. The van der Waals surface area contributed by atoms with Gasteiger partial charge < -0.3 is 10.7 Å². The van der Waals surface area contributed by atoms with Crippen LogP contribution in [-0.2, 0) is 6.54 Å². The summed E-state index contributed by atoms with van der Waals surface area (Å²) < 4.78 is 0. The highest BCUT2D eigenvalue weighted by Crippen LogP contribution is 2.19. The van der Waals surface area contributed by atoms with E-state index in [9.17, 15) is 0 Å². The zero-order chi connectivity index (χ0) is 13.8. The average Bonchev–Trinajstić information content (AvgIpc) is 2.41. The minimum atomic E-state index is 0.637. The molecule has 6 heteroatoms. The van der Waals surface area contributed by atoms with E-state index in [1.165, 1.54) is 5.56 Å². The highest BCUT2D eigenvalue weighted by molar-refractivity contribution is 5.56. The Kier molecular flexibility index (Phi) is 3.91. The van der Waals surface area contributed by atoms with Crippen molar-refractivity contribution in [1.82, 2.24) is 15.0 Å². The van der Waals surface area contributed by atoms with Crippen LogP contribution in [0.4, 0.5) is 11.6 Å². The summed E-state index contributed by atoms with van der Waals surface area (Å²) in [5.74, 6) is 7.53. The molecule has 0 aromatic carbocycles. The molecule has 0 fully saturated rings. The molecule has 2 heterocycles. The SMILES string of the molecule is Cc1nc(NN)c(C)c(NCc2cnccc2C)n1. The number of hydrogen-bond acceptors (Lipinski definition) is 6. The van der Waals surface area contributed by atoms with Gasteiger partial charge in [-0.25, -0.2) is 15.8 Å². The molecule has 0 saturated carbocycles. The molecular weight excluding hydrogens is 240 g/mol. The van der Waals surface area contributed by atoms with Gasteiger partial charge in [0.2, 0.25) is 0 Å². The molecule has 2 aromatic heterocycles. The Morgan fingerprint density at radius 1 is 1.16 bits per heavy atom. The van der Waals surface area contributed by atoms with Crippen molar-refractivity contribution in [3.05, 3.63) is 41.0 Å². The number of pyridine rings is 1. The third kappa shape index (κ3) is 2.97. The maximum absolute atomic E-state index is 5.44. The molecule has 0 amide bonds. The van der Waals surface area contributed by atoms with E-state index in [-0.39, 0.29) is 0 Å². The monoisotopic (exact) mass is 258 g/mol. The van der Waals surface area contributed by atoms with E-state index in [1.807, 2.05) is 26.1 Å². The van der Waals surface area contributed by atoms with Gasteiger partial charge in [-0.05, 0) is 38.0 Å². The summed E-state index contributed by atoms with van der Waals surface area (Å²) >= 11 is 0. The highest BCUT2D eigenvalue weighted by Gasteiger charge is 2.08. The Morgan fingerprint density at radius 3 is 2.58 bits per heavy atom. The lowest BCUT2D eigenvalue weighted by atomic mass is 10.1. The quantitative estimate of drug-likeness (QED) is 0.571. The Hall–Kier alpha value is -2.21. The molecule has 0 atom stereocenters. The summed E-state index contributed by atoms with van der Waals surface area (Å²) in [6, 6.07) is 1.99. The van der Waals surface area contributed by atoms with Crippen molar-refractivity contribution in [2.45, 2.75) is 27.3 Å². The van der Waals surface area contributed by atoms with Gasteiger partial charge in [-0.3, -0.25) is 4.98 Å². The smallest absolute Gasteiger partial charge is 0.148 e. The zero-order valence-electron chi connectivity index (χ0n) is 11.4. The number of nitrogens with two attached hydrogens (primary N) is 1. The molecule has 0 unspecified atom stereocenters. The number of aryl methyl sites for hydroxylation is 2. The van der Waals surface area contributed by atoms with Gasteiger partial charge >= 0.3 is 0 Å². The number of aromatic nitrogens is 3. The lowest BCUT2D eigenvalue weighted by Crippen LogP contribution is -2.14. The molecule has 2 rings (SSSR count). The molecule has 2 aromatic rings. The number of rotatable bonds is 4. The van der Waals surface area contributed by atoms with Crippen molar-refractivity contribution in [2.24, 2.45) is 5.84 Å². The van der Waals surface area contributed by atoms with E-state index in [0.717, 1.165) is 16.9 Å². The maximum Gasteiger partial charge on any atom is 0.148 e. The second-order valence-corrected chi connectivity index (χ2v) is 4.39. The van der Waals surface area contributed by atoms with E-state index < -0.39 is 0 Å². The molecule has 0 aliphatic carbocycles. The summed E-state index contributed by atoms with van der Waals surface area (Å²) in [5, 5.41) is 3.30. The third-order valence-corrected chi connectivity index (χ3v) is 2.99. The van der Waals surface area contributed by atoms with Crippen LogP contribution < -0.4 is 16.6 Å². The van der Waals surface area contributed by atoms with Gasteiger partial charge in [-0.1, -0.05) is 0 Å². The van der Waals surface area contributed by atoms with Gasteiger partial charge in [0.25, 0.3) is 0 Å². The Bertz CT molecular complexity index is 581. The van der Waals surface area contributed by atoms with E-state index in [4.69, 9.17) is 5.84 Å². The minimum Gasteiger partial charge on any atom is -0.366 e. The first-order valence-electron chi connectivity index (χ1n) is 6.07. The van der Waals surface area contributed by atoms with Gasteiger partial charge in [0.05, 0.1) is 0 Å². The van der Waals surface area contributed by atoms with Gasteiger partial charge in [0.1, 0.15) is 17.5 Å². The Labute approximate surface area is 112 Å². The predicted molar refractivity (Wildman–Crippen MR) is 75.6 cm³/mol. The van der Waals surface area contributed by atoms with Crippen LogP contribution in [0.25, 0.3) is 0 Å². The Balaban J connectivity index is 2.20. The largest absolute Gasteiger partial charge is 0.366 e. The van der Waals surface area contributed by atoms with Gasteiger partial charge in [-0.2, -0.15) is 0 Å². The van der Waals surface area contributed by atoms with Crippen LogP contribution in [-0.4, -0.2) is 15.0 Å². The van der Waals surface area contributed by atoms with Crippen molar-refractivity contribution < 1.29 is 0 Å². The van der Waals surface area contributed by atoms with Crippen LogP contribution >= 0.6 is 0 Å². The standard InChI is InChI=1S/C13H18N6/c1-8-4-5-15-6-11(8)7-16-12-9(2)13(19-14)18-10(3)17-12/h4-6H,7,14H2,1-3H3,(H2,16,17,18,19). The second kappa shape index (κ2) is 5.62. The molecule has 100 valence electrons. The molecule has 4 N–H and O–H groups in total. The fourth-order valence-corrected chi connectivity index (χ4v) is 1.80. The number of nitrogens with one attached hydrogen (secondary N) is 2. The van der Waals surface area contributed by atoms with Gasteiger partial charge in [0, 0.05) is 24.5 Å². The first-order valence-corrected chi connectivity index (χ1v) is 6.07. The van der Waals surface area contributed by atoms with Crippen LogP contribution in [0.2, 0.25) is 0 Å². The third-order valence-electron chi connectivity index (χ3n) is 2.99. The summed E-state index contributed by atoms with van der Waals surface area (Å²) in [7, 11) is 0. The van der Waals surface area contributed by atoms with E-state index >= 15 is 0 Å². The fraction of sp³-hybridized carbons (Fsp3) is 0.308. The minimum absolute atomic E-state index is 0.637. The number of hydrazine groups is 1. The first kappa shape index (κ1) is 13.2. The molecule has 0 bridgehead atoms. The van der Waals surface area contributed by atoms with E-state index in [2.05, 4.69) is 32.6 Å². The lowest BCUT2D eigenvalue weighted by Gasteiger charge is -2.13. The van der Waals surface area contributed by atoms with E-state index in [0.29, 0.717) is 18.2 Å². The van der Waals surface area contributed by atoms with E-state index in [1.54, 1.807) is 6.20 Å². The van der Waals surface area contributed by atoms with Crippen molar-refractivity contribution in [3.8, 4) is 0 Å². The molecular formula is C13H18N6. The topological polar surface area (TPSA) is 88.8 Å². The lowest BCUT2D eigenvalue weighted by molar-refractivity contribution is 0.989. The fourth-order valence-electron chi connectivity index (χ4n) is 1.80. The van der Waals surface area contributed by atoms with Gasteiger partial charge in [-0.15, -0.1) is 0 Å². The predicted octanol–water partition coefficient (Wildman–Crippen LogP) is 1.69. The van der Waals surface area contributed by atoms with Crippen LogP contribution in [0.5, 0.6) is 0 Å². The molecule has 0 saturated heterocycles. The molecule has 6 nitrogen and oxygen atoms in total. The molecule has 0 radical (unpaired) electrons. The van der Waals surface area contributed by atoms with Crippen molar-refractivity contribution >= 4 is 11.6 Å². The second-order valence-electron chi connectivity index (χ2n) is 4.39. The van der Waals surface area contributed by atoms with Crippen molar-refractivity contribution in [2.75, 3.05) is 10.7 Å². The molecule has 19 heavy (non-hydrogen) atoms. The molecule has 0 aliphatic heterocycles. The van der Waals surface area contributed by atoms with Crippen LogP contribution in [0.1, 0.15) is 22.5 Å². The van der Waals surface area contributed by atoms with Gasteiger partial charge in [0.15, 0.2) is 0 Å². The first-order chi connectivity index (χ1) is 9.11. The Morgan fingerprint density at radius 2 is 1.89 bits per heavy atom. The van der Waals surface area contributed by atoms with Crippen molar-refractivity contribution in [3.63, 3.8) is 0 Å². The summed E-state index contributed by atoms with van der Waals surface area (Å²) in [4.78, 5) is 12.7. The van der Waals surface area contributed by atoms with Crippen LogP contribution in [0, 0.1) is 20.8 Å². The summed E-state index contributed by atoms with van der Waals surface area (Å²) in [6.07, 6.45) is 3.64. The number of nitrogens with zero attached hydrogens (tertiary/aromatic N) is 3. The normalized spacial score (nSPS) is 10.3. The highest BCUT2D eigenvalue weighted by atomic mass is 15.3. The number of nitrogen functional groups attached to an aromatic ring is 1. The maximum atomic E-state index is 5.44. The molecule has 0 spiro atoms. The molecule has 0 aliphatic rings. The van der Waals surface area contributed by atoms with Crippen LogP contribution in [0.15, 0.2) is 18.5 Å². The van der Waals surface area contributed by atoms with Crippen molar-refractivity contribution in [1.29, 1.82) is 0 Å². The summed E-state index contributed by atoms with van der Waals surface area (Å²) in [6.45, 7) is 6.48. The average molecular weight is 258 g/mol. The zero-order valence-corrected chi connectivity index (χ0v) is 11.4. The number of anilines is 2. The van der Waals surface area contributed by atoms with Crippen LogP contribution in [0.3, 0.4) is 0 Å². The summed E-state index contributed by atoms with van der Waals surface area (Å²) in [5.41, 5.74) is 5.82.